The molecule has 0 spiro atoms. The molecule has 115 heavy (non-hydrogen) atoms. The van der Waals surface area contributed by atoms with Gasteiger partial charge in [0.25, 0.3) is 0 Å². The van der Waals surface area contributed by atoms with Crippen molar-refractivity contribution in [3.63, 3.8) is 0 Å². The minimum Gasteiger partial charge on any atom is -0.508 e. The van der Waals surface area contributed by atoms with E-state index in [0.717, 1.165) is 60.9 Å². The van der Waals surface area contributed by atoms with Gasteiger partial charge in [0.2, 0.25) is 0 Å². The van der Waals surface area contributed by atoms with Crippen LogP contribution >= 0.6 is 0 Å². The lowest BCUT2D eigenvalue weighted by Gasteiger charge is -2.59. The van der Waals surface area contributed by atoms with Gasteiger partial charge in [-0.1, -0.05) is 104 Å². The van der Waals surface area contributed by atoms with Crippen LogP contribution in [0.5, 0.6) is 23.0 Å². The number of phenolic OH excluding ortho intramolecular Hbond substituents is 2. The molecule has 652 valence electrons. The zero-order valence-corrected chi connectivity index (χ0v) is 73.3. The van der Waals surface area contributed by atoms with Crippen molar-refractivity contribution in [2.75, 3.05) is 146 Å². The fraction of sp³-hybridized carbons (Fsp3) is 0.723. The minimum atomic E-state index is -0.679. The Bertz CT molecular complexity index is 2870. The molecule has 0 radical (unpaired) electrons. The largest absolute Gasteiger partial charge is 0.508 e. The van der Waals surface area contributed by atoms with Gasteiger partial charge in [0.05, 0.1) is 63.7 Å². The molecule has 12 rings (SSSR count). The average molecular weight is 1620 g/mol. The summed E-state index contributed by atoms with van der Waals surface area (Å²) in [5.41, 5.74) is 3.31. The Morgan fingerprint density at radius 3 is 0.739 bits per heavy atom. The second-order valence-electron chi connectivity index (χ2n) is 33.3. The standard InChI is InChI=1S/C28H58O13.2C23H32O3.2C10H14O/c1-7-29-21-36-15-27(16-37-22-30-8-2,17-38-23-31-9-3)13-35-14-28(18-39-24-32-10-4,19-40-25-33-11-5)20-41-26-34-12-6;2*1-4-15(2)18-5-7-21(8-6-18)25-14-22(24)26-23(3)19-10-16-9-17(12-19)13-20(23)11-16;2*1-3-8(2)9-4-6-10(11)7-5-9/h7-26H2,1-6H3;2*5-8,15-17,19-20H,4,9-14H2,1-3H3;2*4-8,11H,3H2,1-2H3. The SMILES string of the molecule is CCC(C)c1ccc(O)cc1.CCC(C)c1ccc(O)cc1.CCC(C)c1ccc(OCC(=O)OC2(C)C3CC4CC(C3)CC2C4)cc1.CCC(C)c1ccc(OCC(=O)OC2(C)C3CC4CC(C3)CC2C4)cc1.CCOCOCC(COCOCC)(COCOCC)COCC(COCOCC)(COCOCC)COCOCC. The number of carbonyl (C=O) groups excluding carboxylic acids is 2. The number of benzene rings is 4. The van der Waals surface area contributed by atoms with E-state index in [9.17, 15) is 9.59 Å². The van der Waals surface area contributed by atoms with Gasteiger partial charge >= 0.3 is 11.9 Å². The predicted octanol–water partition coefficient (Wildman–Crippen LogP) is 19.5. The smallest absolute Gasteiger partial charge is 0.344 e. The Hall–Kier alpha value is -5.50. The van der Waals surface area contributed by atoms with Crippen molar-refractivity contribution in [3.05, 3.63) is 119 Å². The number of rotatable bonds is 50. The Kier molecular flexibility index (Phi) is 45.5. The van der Waals surface area contributed by atoms with E-state index in [1.165, 1.54) is 86.5 Å². The quantitative estimate of drug-likeness (QED) is 0.0238. The van der Waals surface area contributed by atoms with Crippen LogP contribution in [0.4, 0.5) is 0 Å². The third-order valence-corrected chi connectivity index (χ3v) is 24.7. The minimum absolute atomic E-state index is 0.00453. The maximum atomic E-state index is 12.5. The van der Waals surface area contributed by atoms with Crippen LogP contribution < -0.4 is 9.47 Å². The monoisotopic (exact) mass is 1620 g/mol. The first kappa shape index (κ1) is 98.3. The maximum absolute atomic E-state index is 12.5. The maximum Gasteiger partial charge on any atom is 0.344 e. The number of hydrogen-bond donors (Lipinski definition) is 2. The number of ether oxygens (including phenoxy) is 17. The van der Waals surface area contributed by atoms with Crippen molar-refractivity contribution in [1.82, 2.24) is 0 Å². The molecule has 0 heterocycles. The van der Waals surface area contributed by atoms with E-state index >= 15 is 0 Å². The summed E-state index contributed by atoms with van der Waals surface area (Å²) in [7, 11) is 0. The average Bonchev–Trinajstić information content (AvgIpc) is 0.740. The number of phenols is 2. The fourth-order valence-electron chi connectivity index (χ4n) is 17.1. The first-order valence-electron chi connectivity index (χ1n) is 43.5. The van der Waals surface area contributed by atoms with Crippen LogP contribution in [0.15, 0.2) is 97.1 Å². The summed E-state index contributed by atoms with van der Waals surface area (Å²) in [4.78, 5) is 25.0. The molecule has 0 saturated heterocycles. The normalized spacial score (nSPS) is 23.2. The van der Waals surface area contributed by atoms with E-state index in [1.807, 2.05) is 90.1 Å². The van der Waals surface area contributed by atoms with Crippen molar-refractivity contribution < 1.29 is 100 Å². The molecule has 8 bridgehead atoms. The van der Waals surface area contributed by atoms with Gasteiger partial charge in [-0.15, -0.1) is 0 Å². The van der Waals surface area contributed by atoms with E-state index < -0.39 is 10.8 Å². The Labute approximate surface area is 691 Å². The van der Waals surface area contributed by atoms with Crippen LogP contribution in [-0.2, 0) is 80.6 Å². The van der Waals surface area contributed by atoms with Crippen LogP contribution in [0, 0.1) is 58.2 Å². The van der Waals surface area contributed by atoms with Crippen LogP contribution in [0.1, 0.15) is 247 Å². The zero-order chi connectivity index (χ0) is 83.5. The lowest BCUT2D eigenvalue weighted by molar-refractivity contribution is -0.205. The Balaban J connectivity index is 0.000000241. The van der Waals surface area contributed by atoms with Gasteiger partial charge in [0.1, 0.15) is 75.0 Å². The third kappa shape index (κ3) is 33.2. The highest BCUT2D eigenvalue weighted by molar-refractivity contribution is 5.72. The fourth-order valence-corrected chi connectivity index (χ4v) is 17.1. The molecule has 2 N–H and O–H groups in total. The molecule has 8 saturated carbocycles. The van der Waals surface area contributed by atoms with Crippen molar-refractivity contribution >= 4 is 11.9 Å². The molecular weight excluding hydrogens is 1470 g/mol. The third-order valence-electron chi connectivity index (χ3n) is 24.7. The Morgan fingerprint density at radius 1 is 0.322 bits per heavy atom. The topological polar surface area (TPSA) is 232 Å². The molecule has 0 amide bonds. The van der Waals surface area contributed by atoms with Gasteiger partial charge in [-0.05, 0) is 287 Å². The van der Waals surface area contributed by atoms with E-state index in [-0.39, 0.29) is 130 Å². The van der Waals surface area contributed by atoms with E-state index in [2.05, 4.69) is 93.5 Å². The molecule has 8 aliphatic rings. The van der Waals surface area contributed by atoms with Crippen molar-refractivity contribution in [1.29, 1.82) is 0 Å². The molecule has 8 aliphatic carbocycles. The highest BCUT2D eigenvalue weighted by Gasteiger charge is 2.58. The summed E-state index contributed by atoms with van der Waals surface area (Å²) in [5.74, 6) is 9.75. The first-order chi connectivity index (χ1) is 55.5. The second-order valence-corrected chi connectivity index (χ2v) is 33.3. The summed E-state index contributed by atoms with van der Waals surface area (Å²) in [6.45, 7) is 39.5. The summed E-state index contributed by atoms with van der Waals surface area (Å²) >= 11 is 0. The van der Waals surface area contributed by atoms with Crippen molar-refractivity contribution in [2.24, 2.45) is 58.2 Å². The van der Waals surface area contributed by atoms with Crippen LogP contribution in [0.3, 0.4) is 0 Å². The molecule has 0 aliphatic heterocycles. The molecule has 4 aromatic carbocycles. The van der Waals surface area contributed by atoms with Crippen molar-refractivity contribution in [3.8, 4) is 23.0 Å². The first-order valence-corrected chi connectivity index (χ1v) is 43.5. The van der Waals surface area contributed by atoms with Crippen LogP contribution in [0.25, 0.3) is 0 Å². The second kappa shape index (κ2) is 53.2. The Morgan fingerprint density at radius 2 is 0.530 bits per heavy atom. The molecule has 0 aromatic heterocycles. The lowest BCUT2D eigenvalue weighted by Crippen LogP contribution is -2.58. The number of hydrogen-bond acceptors (Lipinski definition) is 21. The summed E-state index contributed by atoms with van der Waals surface area (Å²) in [6.07, 6.45) is 17.3. The highest BCUT2D eigenvalue weighted by atomic mass is 16.7. The van der Waals surface area contributed by atoms with Crippen LogP contribution in [-0.4, -0.2) is 180 Å². The zero-order valence-electron chi connectivity index (χ0n) is 73.3. The highest BCUT2D eigenvalue weighted by Crippen LogP contribution is 2.61. The summed E-state index contributed by atoms with van der Waals surface area (Å²) < 4.78 is 97.3. The molecule has 4 atom stereocenters. The van der Waals surface area contributed by atoms with Gasteiger partial charge in [-0.25, -0.2) is 9.59 Å². The van der Waals surface area contributed by atoms with E-state index in [4.69, 9.17) is 90.7 Å². The lowest BCUT2D eigenvalue weighted by atomic mass is 9.50. The van der Waals surface area contributed by atoms with Crippen molar-refractivity contribution in [2.45, 2.75) is 236 Å². The molecule has 8 fully saturated rings. The number of esters is 2. The van der Waals surface area contributed by atoms with E-state index in [1.54, 1.807) is 24.3 Å². The van der Waals surface area contributed by atoms with Gasteiger partial charge in [-0.3, -0.25) is 0 Å². The molecule has 21 nitrogen and oxygen atoms in total. The summed E-state index contributed by atoms with van der Waals surface area (Å²) in [5, 5.41) is 18.0. The number of carbonyl (C=O) groups is 2. The molecular formula is C94H150O21. The molecule has 4 aromatic rings. The van der Waals surface area contributed by atoms with Gasteiger partial charge in [0, 0.05) is 39.6 Å². The van der Waals surface area contributed by atoms with Crippen LogP contribution in [0.2, 0.25) is 0 Å². The summed E-state index contributed by atoms with van der Waals surface area (Å²) in [6, 6.07) is 31.0. The van der Waals surface area contributed by atoms with Gasteiger partial charge in [0.15, 0.2) is 13.2 Å². The van der Waals surface area contributed by atoms with Gasteiger partial charge in [-0.2, -0.15) is 0 Å². The molecule has 4 unspecified atom stereocenters. The number of aromatic hydroxyl groups is 2. The predicted molar refractivity (Wildman–Crippen MR) is 448 cm³/mol. The van der Waals surface area contributed by atoms with E-state index in [0.29, 0.717) is 98.5 Å². The van der Waals surface area contributed by atoms with Gasteiger partial charge < -0.3 is 90.7 Å². The molecule has 21 heteroatoms.